The van der Waals surface area contributed by atoms with Gasteiger partial charge in [-0.1, -0.05) is 18.0 Å². The van der Waals surface area contributed by atoms with E-state index in [4.69, 9.17) is 11.6 Å². The molecule has 0 saturated heterocycles. The molecule has 1 aliphatic carbocycles. The molecule has 1 saturated carbocycles. The molecular weight excluding hydrogens is 268 g/mol. The van der Waals surface area contributed by atoms with Crippen molar-refractivity contribution in [2.75, 3.05) is 30.0 Å². The van der Waals surface area contributed by atoms with E-state index in [-0.39, 0.29) is 0 Å². The largest absolute Gasteiger partial charge is 0.367 e. The molecule has 0 spiro atoms. The Morgan fingerprint density at radius 2 is 2.22 bits per heavy atom. The number of anilines is 2. The van der Waals surface area contributed by atoms with Crippen molar-refractivity contribution >= 4 is 35.1 Å². The molecule has 2 N–H and O–H groups in total. The lowest BCUT2D eigenvalue weighted by Gasteiger charge is -2.40. The minimum Gasteiger partial charge on any atom is -0.367 e. The molecule has 0 radical (unpaired) electrons. The second-order valence-electron chi connectivity index (χ2n) is 4.51. The van der Waals surface area contributed by atoms with Crippen molar-refractivity contribution in [1.29, 1.82) is 0 Å². The van der Waals surface area contributed by atoms with Gasteiger partial charge in [-0.3, -0.25) is 0 Å². The van der Waals surface area contributed by atoms with Gasteiger partial charge in [0.25, 0.3) is 0 Å². The Kier molecular flexibility index (Phi) is 4.56. The smallest absolute Gasteiger partial charge is 0.224 e. The molecule has 100 valence electrons. The predicted octanol–water partition coefficient (Wildman–Crippen LogP) is 3.26. The first-order chi connectivity index (χ1) is 8.69. The Morgan fingerprint density at radius 1 is 1.44 bits per heavy atom. The van der Waals surface area contributed by atoms with Crippen LogP contribution in [0.2, 0.25) is 5.02 Å². The van der Waals surface area contributed by atoms with E-state index in [2.05, 4.69) is 26.9 Å². The van der Waals surface area contributed by atoms with Crippen LogP contribution < -0.4 is 10.6 Å². The molecule has 0 amide bonds. The Balaban J connectivity index is 2.01. The SMILES string of the molecule is CCNc1ncc(Cl)c(NCC2(SC)CCC2)n1. The maximum absolute atomic E-state index is 6.11. The zero-order chi connectivity index (χ0) is 13.0. The lowest BCUT2D eigenvalue weighted by Crippen LogP contribution is -2.40. The van der Waals surface area contributed by atoms with E-state index < -0.39 is 0 Å². The van der Waals surface area contributed by atoms with Crippen LogP contribution in [0.15, 0.2) is 6.20 Å². The monoisotopic (exact) mass is 286 g/mol. The molecule has 1 aliphatic rings. The molecule has 1 heterocycles. The highest BCUT2D eigenvalue weighted by molar-refractivity contribution is 8.00. The second-order valence-corrected chi connectivity index (χ2v) is 6.20. The first kappa shape index (κ1) is 13.7. The number of nitrogens with zero attached hydrogens (tertiary/aromatic N) is 2. The van der Waals surface area contributed by atoms with E-state index in [9.17, 15) is 0 Å². The van der Waals surface area contributed by atoms with E-state index >= 15 is 0 Å². The van der Waals surface area contributed by atoms with Gasteiger partial charge in [-0.05, 0) is 26.0 Å². The van der Waals surface area contributed by atoms with Gasteiger partial charge in [0.05, 0.1) is 6.20 Å². The average molecular weight is 287 g/mol. The zero-order valence-electron chi connectivity index (χ0n) is 10.8. The normalized spacial score (nSPS) is 17.1. The van der Waals surface area contributed by atoms with Crippen LogP contribution in [0.1, 0.15) is 26.2 Å². The Hall–Kier alpha value is -0.680. The summed E-state index contributed by atoms with van der Waals surface area (Å²) in [5, 5.41) is 7.03. The van der Waals surface area contributed by atoms with Crippen LogP contribution in [0.4, 0.5) is 11.8 Å². The van der Waals surface area contributed by atoms with Crippen molar-refractivity contribution in [3.05, 3.63) is 11.2 Å². The minimum absolute atomic E-state index is 0.368. The van der Waals surface area contributed by atoms with Crippen LogP contribution in [-0.2, 0) is 0 Å². The molecule has 4 nitrogen and oxygen atoms in total. The quantitative estimate of drug-likeness (QED) is 0.841. The highest BCUT2D eigenvalue weighted by Gasteiger charge is 2.36. The number of aromatic nitrogens is 2. The van der Waals surface area contributed by atoms with Crippen molar-refractivity contribution in [2.45, 2.75) is 30.9 Å². The molecule has 0 atom stereocenters. The number of rotatable bonds is 6. The molecule has 0 unspecified atom stereocenters. The molecule has 18 heavy (non-hydrogen) atoms. The summed E-state index contributed by atoms with van der Waals surface area (Å²) in [5.74, 6) is 1.35. The molecule has 1 aromatic rings. The zero-order valence-corrected chi connectivity index (χ0v) is 12.4. The summed E-state index contributed by atoms with van der Waals surface area (Å²) in [6.07, 6.45) is 7.67. The van der Waals surface area contributed by atoms with Gasteiger partial charge in [-0.15, -0.1) is 0 Å². The molecule has 1 aromatic heterocycles. The topological polar surface area (TPSA) is 49.8 Å². The van der Waals surface area contributed by atoms with Gasteiger partial charge < -0.3 is 10.6 Å². The summed E-state index contributed by atoms with van der Waals surface area (Å²) >= 11 is 8.04. The number of halogens is 1. The molecule has 2 rings (SSSR count). The van der Waals surface area contributed by atoms with Gasteiger partial charge in [-0.2, -0.15) is 16.7 Å². The van der Waals surface area contributed by atoms with E-state index in [0.717, 1.165) is 18.9 Å². The Bertz CT molecular complexity index is 404. The minimum atomic E-state index is 0.368. The van der Waals surface area contributed by atoms with Gasteiger partial charge in [0, 0.05) is 17.8 Å². The lowest BCUT2D eigenvalue weighted by atomic mass is 9.84. The third kappa shape index (κ3) is 3.01. The molecule has 0 aromatic carbocycles. The van der Waals surface area contributed by atoms with Gasteiger partial charge >= 0.3 is 0 Å². The van der Waals surface area contributed by atoms with E-state index in [1.807, 2.05) is 18.7 Å². The van der Waals surface area contributed by atoms with Crippen LogP contribution >= 0.6 is 23.4 Å². The summed E-state index contributed by atoms with van der Waals surface area (Å²) < 4.78 is 0.368. The summed E-state index contributed by atoms with van der Waals surface area (Å²) in [6.45, 7) is 3.73. The maximum Gasteiger partial charge on any atom is 0.224 e. The lowest BCUT2D eigenvalue weighted by molar-refractivity contribution is 0.379. The van der Waals surface area contributed by atoms with Crippen LogP contribution in [-0.4, -0.2) is 34.1 Å². The fraction of sp³-hybridized carbons (Fsp3) is 0.667. The van der Waals surface area contributed by atoms with Crippen molar-refractivity contribution < 1.29 is 0 Å². The van der Waals surface area contributed by atoms with Crippen molar-refractivity contribution in [1.82, 2.24) is 9.97 Å². The van der Waals surface area contributed by atoms with Crippen molar-refractivity contribution in [3.63, 3.8) is 0 Å². The third-order valence-corrected chi connectivity index (χ3v) is 5.05. The third-order valence-electron chi connectivity index (χ3n) is 3.35. The van der Waals surface area contributed by atoms with Gasteiger partial charge in [0.15, 0.2) is 5.82 Å². The number of nitrogens with one attached hydrogen (secondary N) is 2. The number of thioether (sulfide) groups is 1. The molecule has 6 heteroatoms. The molecule has 0 aliphatic heterocycles. The Morgan fingerprint density at radius 3 is 2.78 bits per heavy atom. The summed E-state index contributed by atoms with van der Waals surface area (Å²) in [7, 11) is 0. The highest BCUT2D eigenvalue weighted by atomic mass is 35.5. The summed E-state index contributed by atoms with van der Waals surface area (Å²) in [5.41, 5.74) is 0. The maximum atomic E-state index is 6.11. The van der Waals surface area contributed by atoms with E-state index in [0.29, 0.717) is 15.7 Å². The summed E-state index contributed by atoms with van der Waals surface area (Å²) in [6, 6.07) is 0. The number of hydrogen-bond acceptors (Lipinski definition) is 5. The highest BCUT2D eigenvalue weighted by Crippen LogP contribution is 2.42. The second kappa shape index (κ2) is 5.97. The average Bonchev–Trinajstić information content (AvgIpc) is 2.32. The molecular formula is C12H19ClN4S. The van der Waals surface area contributed by atoms with Crippen LogP contribution in [0.3, 0.4) is 0 Å². The van der Waals surface area contributed by atoms with Gasteiger partial charge in [0.2, 0.25) is 5.95 Å². The van der Waals surface area contributed by atoms with E-state index in [1.54, 1.807) is 6.20 Å². The van der Waals surface area contributed by atoms with Crippen LogP contribution in [0.25, 0.3) is 0 Å². The number of hydrogen-bond donors (Lipinski definition) is 2. The van der Waals surface area contributed by atoms with Gasteiger partial charge in [-0.25, -0.2) is 4.98 Å². The molecule has 0 bridgehead atoms. The standard InChI is InChI=1S/C12H19ClN4S/c1-3-14-11-15-7-9(13)10(17-11)16-8-12(18-2)5-4-6-12/h7H,3-6,8H2,1-2H3,(H2,14,15,16,17). The van der Waals surface area contributed by atoms with Gasteiger partial charge in [0.1, 0.15) is 5.02 Å². The predicted molar refractivity (Wildman–Crippen MR) is 79.8 cm³/mol. The first-order valence-corrected chi connectivity index (χ1v) is 7.85. The van der Waals surface area contributed by atoms with Crippen molar-refractivity contribution in [2.24, 2.45) is 0 Å². The molecule has 1 fully saturated rings. The van der Waals surface area contributed by atoms with Crippen LogP contribution in [0.5, 0.6) is 0 Å². The first-order valence-electron chi connectivity index (χ1n) is 6.24. The fourth-order valence-corrected chi connectivity index (χ4v) is 3.07. The summed E-state index contributed by atoms with van der Waals surface area (Å²) in [4.78, 5) is 8.51. The fourth-order valence-electron chi connectivity index (χ4n) is 2.00. The van der Waals surface area contributed by atoms with Crippen LogP contribution in [0, 0.1) is 0 Å². The Labute approximate surface area is 117 Å². The van der Waals surface area contributed by atoms with E-state index in [1.165, 1.54) is 19.3 Å². The van der Waals surface area contributed by atoms with Crippen molar-refractivity contribution in [3.8, 4) is 0 Å².